The minimum atomic E-state index is -0.473. The first kappa shape index (κ1) is 14.3. The quantitative estimate of drug-likeness (QED) is 0.881. The second-order valence-corrected chi connectivity index (χ2v) is 5.60. The number of carbonyl (C=O) groups excluding carboxylic acids is 2. The maximum atomic E-state index is 12.2. The minimum Gasteiger partial charge on any atom is -0.465 e. The largest absolute Gasteiger partial charge is 0.465 e. The van der Waals surface area contributed by atoms with Gasteiger partial charge < -0.3 is 10.1 Å². The highest BCUT2D eigenvalue weighted by molar-refractivity contribution is 7.14. The number of amides is 1. The van der Waals surface area contributed by atoms with E-state index in [-0.39, 0.29) is 5.91 Å². The first-order valence-corrected chi connectivity index (χ1v) is 6.90. The van der Waals surface area contributed by atoms with Crippen LogP contribution in [0.25, 0.3) is 0 Å². The van der Waals surface area contributed by atoms with Crippen LogP contribution in [0.15, 0.2) is 30.3 Å². The number of esters is 1. The lowest BCUT2D eigenvalue weighted by Gasteiger charge is -2.08. The molecule has 5 heteroatoms. The molecule has 0 saturated heterocycles. The van der Waals surface area contributed by atoms with Crippen molar-refractivity contribution < 1.29 is 14.3 Å². The molecular weight excluding hydrogens is 274 g/mol. The molecule has 1 N–H and O–H groups in total. The van der Waals surface area contributed by atoms with Crippen molar-refractivity contribution in [2.75, 3.05) is 12.4 Å². The molecular formula is C15H15NO3S. The molecule has 4 nitrogen and oxygen atoms in total. The Bertz CT molecular complexity index is 641. The molecule has 0 radical (unpaired) electrons. The number of anilines is 1. The fourth-order valence-electron chi connectivity index (χ4n) is 1.75. The van der Waals surface area contributed by atoms with E-state index in [9.17, 15) is 9.59 Å². The standard InChI is InChI=1S/C15H15NO3S/c1-9-8-13(20-10(9)2)14(17)16-12-7-5-4-6-11(12)15(18)19-3/h4-8H,1-3H3,(H,16,17). The van der Waals surface area contributed by atoms with Gasteiger partial charge in [-0.3, -0.25) is 4.79 Å². The van der Waals surface area contributed by atoms with Crippen molar-refractivity contribution >= 4 is 28.9 Å². The van der Waals surface area contributed by atoms with Gasteiger partial charge in [0.1, 0.15) is 0 Å². The second-order valence-electron chi connectivity index (χ2n) is 4.34. The Balaban J connectivity index is 2.26. The molecule has 104 valence electrons. The molecule has 0 aliphatic carbocycles. The van der Waals surface area contributed by atoms with Gasteiger partial charge in [0, 0.05) is 4.88 Å². The highest BCUT2D eigenvalue weighted by Gasteiger charge is 2.15. The third-order valence-corrected chi connectivity index (χ3v) is 4.12. The zero-order valence-electron chi connectivity index (χ0n) is 11.5. The summed E-state index contributed by atoms with van der Waals surface area (Å²) in [5, 5.41) is 2.75. The van der Waals surface area contributed by atoms with E-state index in [4.69, 9.17) is 4.74 Å². The van der Waals surface area contributed by atoms with Crippen LogP contribution in [-0.4, -0.2) is 19.0 Å². The monoisotopic (exact) mass is 289 g/mol. The fourth-order valence-corrected chi connectivity index (χ4v) is 2.68. The van der Waals surface area contributed by atoms with Crippen molar-refractivity contribution in [1.82, 2.24) is 0 Å². The maximum Gasteiger partial charge on any atom is 0.339 e. The van der Waals surface area contributed by atoms with Gasteiger partial charge in [0.15, 0.2) is 0 Å². The van der Waals surface area contributed by atoms with Crippen LogP contribution in [0, 0.1) is 13.8 Å². The van der Waals surface area contributed by atoms with E-state index in [0.29, 0.717) is 16.1 Å². The van der Waals surface area contributed by atoms with Crippen LogP contribution in [-0.2, 0) is 4.74 Å². The maximum absolute atomic E-state index is 12.2. The van der Waals surface area contributed by atoms with Crippen molar-refractivity contribution in [3.05, 3.63) is 51.2 Å². The summed E-state index contributed by atoms with van der Waals surface area (Å²) in [4.78, 5) is 25.6. The topological polar surface area (TPSA) is 55.4 Å². The summed E-state index contributed by atoms with van der Waals surface area (Å²) in [6.45, 7) is 3.93. The van der Waals surface area contributed by atoms with E-state index >= 15 is 0 Å². The summed E-state index contributed by atoms with van der Waals surface area (Å²) < 4.78 is 4.70. The summed E-state index contributed by atoms with van der Waals surface area (Å²) in [7, 11) is 1.31. The summed E-state index contributed by atoms with van der Waals surface area (Å²) in [5.41, 5.74) is 1.88. The lowest BCUT2D eigenvalue weighted by molar-refractivity contribution is 0.0602. The molecule has 20 heavy (non-hydrogen) atoms. The number of carbonyl (C=O) groups is 2. The summed E-state index contributed by atoms with van der Waals surface area (Å²) in [5.74, 6) is -0.693. The number of thiophene rings is 1. The SMILES string of the molecule is COC(=O)c1ccccc1NC(=O)c1cc(C)c(C)s1. The molecule has 0 aliphatic heterocycles. The van der Waals surface area contributed by atoms with Gasteiger partial charge in [0.05, 0.1) is 23.2 Å². The fraction of sp³-hybridized carbons (Fsp3) is 0.200. The number of para-hydroxylation sites is 1. The average molecular weight is 289 g/mol. The van der Waals surface area contributed by atoms with Crippen LogP contribution >= 0.6 is 11.3 Å². The number of rotatable bonds is 3. The Kier molecular flexibility index (Phi) is 4.20. The van der Waals surface area contributed by atoms with Gasteiger partial charge in [0.2, 0.25) is 0 Å². The number of aryl methyl sites for hydroxylation is 2. The number of ether oxygens (including phenoxy) is 1. The first-order valence-electron chi connectivity index (χ1n) is 6.08. The molecule has 2 rings (SSSR count). The molecule has 0 saturated carbocycles. The van der Waals surface area contributed by atoms with Gasteiger partial charge in [-0.1, -0.05) is 12.1 Å². The van der Waals surface area contributed by atoms with E-state index < -0.39 is 5.97 Å². The van der Waals surface area contributed by atoms with Crippen LogP contribution in [0.5, 0.6) is 0 Å². The predicted octanol–water partition coefficient (Wildman–Crippen LogP) is 3.40. The first-order chi connectivity index (χ1) is 9.52. The molecule has 1 amide bonds. The third kappa shape index (κ3) is 2.88. The lowest BCUT2D eigenvalue weighted by Crippen LogP contribution is -2.14. The lowest BCUT2D eigenvalue weighted by atomic mass is 10.1. The summed E-state index contributed by atoms with van der Waals surface area (Å²) in [6.07, 6.45) is 0. The van der Waals surface area contributed by atoms with Gasteiger partial charge in [0.25, 0.3) is 5.91 Å². The van der Waals surface area contributed by atoms with E-state index in [1.54, 1.807) is 24.3 Å². The molecule has 0 bridgehead atoms. The van der Waals surface area contributed by atoms with Crippen molar-refractivity contribution in [2.24, 2.45) is 0 Å². The molecule has 0 fully saturated rings. The van der Waals surface area contributed by atoms with Gasteiger partial charge >= 0.3 is 5.97 Å². The van der Waals surface area contributed by atoms with Gasteiger partial charge in [-0.05, 0) is 37.6 Å². The highest BCUT2D eigenvalue weighted by atomic mass is 32.1. The van der Waals surface area contributed by atoms with Gasteiger partial charge in [-0.25, -0.2) is 4.79 Å². The number of hydrogen-bond acceptors (Lipinski definition) is 4. The molecule has 1 aromatic carbocycles. The molecule has 0 unspecified atom stereocenters. The Labute approximate surface area is 121 Å². The van der Waals surface area contributed by atoms with E-state index in [1.165, 1.54) is 18.4 Å². The smallest absolute Gasteiger partial charge is 0.339 e. The molecule has 0 aliphatic rings. The van der Waals surface area contributed by atoms with Crippen molar-refractivity contribution in [3.8, 4) is 0 Å². The Morgan fingerprint density at radius 2 is 1.90 bits per heavy atom. The zero-order chi connectivity index (χ0) is 14.7. The van der Waals surface area contributed by atoms with E-state index in [2.05, 4.69) is 5.32 Å². The second kappa shape index (κ2) is 5.88. The molecule has 2 aromatic rings. The average Bonchev–Trinajstić information content (AvgIpc) is 2.78. The van der Waals surface area contributed by atoms with Gasteiger partial charge in [-0.2, -0.15) is 0 Å². The van der Waals surface area contributed by atoms with Gasteiger partial charge in [-0.15, -0.1) is 11.3 Å². The number of nitrogens with one attached hydrogen (secondary N) is 1. The van der Waals surface area contributed by atoms with Crippen LogP contribution in [0.1, 0.15) is 30.5 Å². The number of methoxy groups -OCH3 is 1. The summed E-state index contributed by atoms with van der Waals surface area (Å²) >= 11 is 1.43. The normalized spacial score (nSPS) is 10.2. The number of benzene rings is 1. The van der Waals surface area contributed by atoms with Crippen molar-refractivity contribution in [1.29, 1.82) is 0 Å². The molecule has 0 spiro atoms. The third-order valence-electron chi connectivity index (χ3n) is 2.97. The van der Waals surface area contributed by atoms with Crippen LogP contribution < -0.4 is 5.32 Å². The van der Waals surface area contributed by atoms with E-state index in [0.717, 1.165) is 10.4 Å². The number of hydrogen-bond donors (Lipinski definition) is 1. The van der Waals surface area contributed by atoms with E-state index in [1.807, 2.05) is 19.9 Å². The van der Waals surface area contributed by atoms with Crippen molar-refractivity contribution in [2.45, 2.75) is 13.8 Å². The Morgan fingerprint density at radius 3 is 2.50 bits per heavy atom. The van der Waals surface area contributed by atoms with Crippen LogP contribution in [0.2, 0.25) is 0 Å². The summed E-state index contributed by atoms with van der Waals surface area (Å²) in [6, 6.07) is 8.62. The van der Waals surface area contributed by atoms with Crippen LogP contribution in [0.4, 0.5) is 5.69 Å². The zero-order valence-corrected chi connectivity index (χ0v) is 12.3. The Hall–Kier alpha value is -2.14. The highest BCUT2D eigenvalue weighted by Crippen LogP contribution is 2.23. The Morgan fingerprint density at radius 1 is 1.20 bits per heavy atom. The molecule has 1 aromatic heterocycles. The molecule has 1 heterocycles. The predicted molar refractivity (Wildman–Crippen MR) is 79.5 cm³/mol. The van der Waals surface area contributed by atoms with Crippen LogP contribution in [0.3, 0.4) is 0 Å². The van der Waals surface area contributed by atoms with Crippen molar-refractivity contribution in [3.63, 3.8) is 0 Å². The minimum absolute atomic E-state index is 0.220. The molecule has 0 atom stereocenters.